The average Bonchev–Trinajstić information content (AvgIpc) is 3.49. The largest absolute Gasteiger partial charge is 0.482 e. The maximum atomic E-state index is 13.2. The van der Waals surface area contributed by atoms with Crippen LogP contribution in [0.15, 0.2) is 71.6 Å². The Kier molecular flexibility index (Phi) is 11.8. The summed E-state index contributed by atoms with van der Waals surface area (Å²) in [6.07, 6.45) is -3.67. The van der Waals surface area contributed by atoms with Crippen LogP contribution in [0, 0.1) is 0 Å². The molecule has 7 nitrogen and oxygen atoms in total. The standard InChI is InChI=1S/C36H38F3N3O4S2/c1-4-25-20-30(14-15-32(25)46-22-34(44)45-5-2)47-23-33-31(40-35(48-33)27-6-10-28(11-7-27)36(37,38)39)21-41-16-18-42(19-17-41)29-12-8-26(9-13-29)24(3)43/h6-15,20H,4-5,16-19,21-23H2,1-3H3. The molecule has 1 aromatic heterocycles. The molecule has 3 aromatic carbocycles. The van der Waals surface area contributed by atoms with Crippen LogP contribution >= 0.6 is 23.1 Å². The van der Waals surface area contributed by atoms with Gasteiger partial charge in [-0.15, -0.1) is 23.1 Å². The fourth-order valence-corrected chi connectivity index (χ4v) is 7.52. The van der Waals surface area contributed by atoms with Gasteiger partial charge in [-0.1, -0.05) is 19.1 Å². The summed E-state index contributed by atoms with van der Waals surface area (Å²) in [7, 11) is 0. The fourth-order valence-electron chi connectivity index (χ4n) is 5.38. The van der Waals surface area contributed by atoms with E-state index in [2.05, 4.69) is 15.9 Å². The maximum Gasteiger partial charge on any atom is 0.416 e. The van der Waals surface area contributed by atoms with Gasteiger partial charge in [0.1, 0.15) is 10.8 Å². The second-order valence-corrected chi connectivity index (χ2v) is 13.5. The second-order valence-electron chi connectivity index (χ2n) is 11.3. The number of benzene rings is 3. The SMILES string of the molecule is CCOC(=O)COc1ccc(SCc2sc(-c3ccc(C(F)(F)F)cc3)nc2CN2CCN(c3ccc(C(C)=O)cc3)CC2)cc1CC. The van der Waals surface area contributed by atoms with Gasteiger partial charge in [0.2, 0.25) is 0 Å². The number of thioether (sulfide) groups is 1. The number of hydrogen-bond acceptors (Lipinski definition) is 9. The van der Waals surface area contributed by atoms with Crippen molar-refractivity contribution in [2.24, 2.45) is 0 Å². The van der Waals surface area contributed by atoms with Crippen molar-refractivity contribution < 1.29 is 32.2 Å². The summed E-state index contributed by atoms with van der Waals surface area (Å²) < 4.78 is 50.3. The summed E-state index contributed by atoms with van der Waals surface area (Å²) in [6.45, 7) is 9.41. The van der Waals surface area contributed by atoms with E-state index < -0.39 is 17.7 Å². The highest BCUT2D eigenvalue weighted by Crippen LogP contribution is 2.37. The van der Waals surface area contributed by atoms with Crippen LogP contribution in [-0.4, -0.2) is 61.0 Å². The zero-order valence-electron chi connectivity index (χ0n) is 27.1. The van der Waals surface area contributed by atoms with Gasteiger partial charge in [0.05, 0.1) is 17.9 Å². The van der Waals surface area contributed by atoms with Crippen molar-refractivity contribution in [2.45, 2.75) is 50.6 Å². The molecule has 1 aliphatic heterocycles. The molecular weight excluding hydrogens is 660 g/mol. The van der Waals surface area contributed by atoms with Crippen LogP contribution in [0.5, 0.6) is 5.75 Å². The number of carbonyl (C=O) groups is 2. The van der Waals surface area contributed by atoms with Gasteiger partial charge in [-0.05, 0) is 80.4 Å². The van der Waals surface area contributed by atoms with Crippen LogP contribution in [0.1, 0.15) is 52.8 Å². The molecular formula is C36H38F3N3O4S2. The number of Topliss-reactive ketones (excluding diaryl/α,β-unsaturated/α-hetero) is 1. The van der Waals surface area contributed by atoms with Gasteiger partial charge in [-0.25, -0.2) is 9.78 Å². The molecule has 0 bridgehead atoms. The number of esters is 1. The minimum atomic E-state index is -4.40. The number of aromatic nitrogens is 1. The Morgan fingerprint density at radius 1 is 0.958 bits per heavy atom. The van der Waals surface area contributed by atoms with Gasteiger partial charge in [-0.3, -0.25) is 9.69 Å². The Morgan fingerprint density at radius 2 is 1.67 bits per heavy atom. The lowest BCUT2D eigenvalue weighted by Gasteiger charge is -2.36. The fraction of sp³-hybridized carbons (Fsp3) is 0.361. The third kappa shape index (κ3) is 9.18. The molecule has 0 radical (unpaired) electrons. The predicted octanol–water partition coefficient (Wildman–Crippen LogP) is 8.15. The van der Waals surface area contributed by atoms with Gasteiger partial charge < -0.3 is 14.4 Å². The minimum absolute atomic E-state index is 0.0436. The smallest absolute Gasteiger partial charge is 0.416 e. The molecule has 0 atom stereocenters. The highest BCUT2D eigenvalue weighted by molar-refractivity contribution is 7.98. The molecule has 4 aromatic rings. The molecule has 0 unspecified atom stereocenters. The van der Waals surface area contributed by atoms with Gasteiger partial charge in [0, 0.05) is 65.1 Å². The molecule has 0 N–H and O–H groups in total. The number of alkyl halides is 3. The molecule has 5 rings (SSSR count). The van der Waals surface area contributed by atoms with Crippen molar-refractivity contribution in [1.82, 2.24) is 9.88 Å². The Balaban J connectivity index is 1.30. The number of aryl methyl sites for hydroxylation is 1. The summed E-state index contributed by atoms with van der Waals surface area (Å²) in [5.74, 6) is 0.917. The lowest BCUT2D eigenvalue weighted by Crippen LogP contribution is -2.46. The Labute approximate surface area is 287 Å². The maximum absolute atomic E-state index is 13.2. The first-order chi connectivity index (χ1) is 23.0. The quantitative estimate of drug-likeness (QED) is 0.0788. The van der Waals surface area contributed by atoms with E-state index in [0.717, 1.165) is 71.4 Å². The number of anilines is 1. The number of ether oxygens (including phenoxy) is 2. The number of piperazine rings is 1. The molecule has 254 valence electrons. The number of rotatable bonds is 13. The molecule has 1 aliphatic rings. The number of hydrogen-bond donors (Lipinski definition) is 0. The van der Waals surface area contributed by atoms with E-state index in [-0.39, 0.29) is 12.4 Å². The lowest BCUT2D eigenvalue weighted by atomic mass is 10.1. The van der Waals surface area contributed by atoms with E-state index in [1.165, 1.54) is 23.5 Å². The number of halogens is 3. The first-order valence-corrected chi connectivity index (χ1v) is 17.6. The first kappa shape index (κ1) is 35.4. The Hall–Kier alpha value is -3.87. The average molecular weight is 698 g/mol. The van der Waals surface area contributed by atoms with Gasteiger partial charge in [0.15, 0.2) is 12.4 Å². The van der Waals surface area contributed by atoms with Crippen LogP contribution in [0.4, 0.5) is 18.9 Å². The van der Waals surface area contributed by atoms with Crippen molar-refractivity contribution in [3.05, 3.63) is 94.0 Å². The van der Waals surface area contributed by atoms with E-state index in [1.54, 1.807) is 25.6 Å². The van der Waals surface area contributed by atoms with E-state index in [1.807, 2.05) is 43.3 Å². The number of ketones is 1. The van der Waals surface area contributed by atoms with E-state index in [9.17, 15) is 22.8 Å². The third-order valence-corrected chi connectivity index (χ3v) is 10.4. The van der Waals surface area contributed by atoms with Crippen LogP contribution < -0.4 is 9.64 Å². The van der Waals surface area contributed by atoms with Crippen LogP contribution in [0.25, 0.3) is 10.6 Å². The number of nitrogens with zero attached hydrogens (tertiary/aromatic N) is 3. The van der Waals surface area contributed by atoms with Gasteiger partial charge in [-0.2, -0.15) is 13.2 Å². The molecule has 1 fully saturated rings. The van der Waals surface area contributed by atoms with E-state index >= 15 is 0 Å². The topological polar surface area (TPSA) is 72.0 Å². The van der Waals surface area contributed by atoms with Gasteiger partial charge in [0.25, 0.3) is 0 Å². The Bertz CT molecular complexity index is 1700. The highest BCUT2D eigenvalue weighted by Gasteiger charge is 2.30. The van der Waals surface area contributed by atoms with Crippen molar-refractivity contribution in [1.29, 1.82) is 0 Å². The molecule has 0 amide bonds. The summed E-state index contributed by atoms with van der Waals surface area (Å²) >= 11 is 3.17. The van der Waals surface area contributed by atoms with E-state index in [4.69, 9.17) is 14.5 Å². The molecule has 0 spiro atoms. The van der Waals surface area contributed by atoms with Crippen LogP contribution in [0.2, 0.25) is 0 Å². The lowest BCUT2D eigenvalue weighted by molar-refractivity contribution is -0.145. The number of carbonyl (C=O) groups excluding carboxylic acids is 2. The summed E-state index contributed by atoms with van der Waals surface area (Å²) in [6, 6.07) is 18.8. The van der Waals surface area contributed by atoms with Crippen LogP contribution in [0.3, 0.4) is 0 Å². The molecule has 12 heteroatoms. The second kappa shape index (κ2) is 16.0. The third-order valence-electron chi connectivity index (χ3n) is 8.06. The molecule has 2 heterocycles. The summed E-state index contributed by atoms with van der Waals surface area (Å²) in [4.78, 5) is 35.2. The van der Waals surface area contributed by atoms with Crippen molar-refractivity contribution >= 4 is 40.5 Å². The van der Waals surface area contributed by atoms with Crippen molar-refractivity contribution in [3.8, 4) is 16.3 Å². The highest BCUT2D eigenvalue weighted by atomic mass is 32.2. The summed E-state index contributed by atoms with van der Waals surface area (Å²) in [5, 5.41) is 0.690. The molecule has 0 aliphatic carbocycles. The first-order valence-electron chi connectivity index (χ1n) is 15.8. The van der Waals surface area contributed by atoms with E-state index in [0.29, 0.717) is 40.8 Å². The minimum Gasteiger partial charge on any atom is -0.482 e. The monoisotopic (exact) mass is 697 g/mol. The normalized spacial score (nSPS) is 13.8. The van der Waals surface area contributed by atoms with Crippen LogP contribution in [-0.2, 0) is 34.4 Å². The zero-order chi connectivity index (χ0) is 34.3. The Morgan fingerprint density at radius 3 is 2.29 bits per heavy atom. The van der Waals surface area contributed by atoms with Crippen molar-refractivity contribution in [3.63, 3.8) is 0 Å². The van der Waals surface area contributed by atoms with Crippen molar-refractivity contribution in [2.75, 3.05) is 44.3 Å². The van der Waals surface area contributed by atoms with Gasteiger partial charge >= 0.3 is 12.1 Å². The predicted molar refractivity (Wildman–Crippen MR) is 184 cm³/mol. The molecule has 0 saturated carbocycles. The molecule has 48 heavy (non-hydrogen) atoms. The zero-order valence-corrected chi connectivity index (χ0v) is 28.8. The number of thiazole rings is 1. The molecule has 1 saturated heterocycles. The summed E-state index contributed by atoms with van der Waals surface area (Å²) in [5.41, 5.74) is 3.65.